The van der Waals surface area contributed by atoms with Crippen molar-refractivity contribution in [2.75, 3.05) is 6.54 Å². The number of ether oxygens (including phenoxy) is 1. The topological polar surface area (TPSA) is 81.1 Å². The number of likely N-dealkylation sites (tertiary alicyclic amines) is 1. The zero-order chi connectivity index (χ0) is 23.2. The SMILES string of the molecule is Cc1cc(-c2ncccn2)c(C(=O)N2C[C@H]3C[C@@H](Oc4ccc(C(F)(F)F)cn4)[C@@H]2C3)cn1. The van der Waals surface area contributed by atoms with E-state index in [2.05, 4.69) is 19.9 Å². The van der Waals surface area contributed by atoms with Crippen LogP contribution in [0.1, 0.15) is 34.5 Å². The summed E-state index contributed by atoms with van der Waals surface area (Å²) in [6.07, 6.45) is 2.23. The van der Waals surface area contributed by atoms with Gasteiger partial charge in [0.05, 0.1) is 17.2 Å². The van der Waals surface area contributed by atoms with Crippen LogP contribution in [-0.4, -0.2) is 49.4 Å². The van der Waals surface area contributed by atoms with Crippen LogP contribution in [0, 0.1) is 12.8 Å². The number of aryl methyl sites for hydroxylation is 1. The van der Waals surface area contributed by atoms with Crippen molar-refractivity contribution in [1.29, 1.82) is 0 Å². The van der Waals surface area contributed by atoms with Crippen molar-refractivity contribution >= 4 is 5.91 Å². The van der Waals surface area contributed by atoms with E-state index in [1.807, 2.05) is 6.92 Å². The van der Waals surface area contributed by atoms with Gasteiger partial charge in [-0.05, 0) is 43.9 Å². The summed E-state index contributed by atoms with van der Waals surface area (Å²) in [6.45, 7) is 2.42. The Morgan fingerprint density at radius 1 is 1.09 bits per heavy atom. The molecule has 1 aliphatic carbocycles. The molecule has 0 spiro atoms. The summed E-state index contributed by atoms with van der Waals surface area (Å²) < 4.78 is 44.3. The molecule has 3 aromatic rings. The molecule has 0 unspecified atom stereocenters. The molecule has 2 bridgehead atoms. The van der Waals surface area contributed by atoms with Gasteiger partial charge in [0.2, 0.25) is 5.88 Å². The third-order valence-corrected chi connectivity index (χ3v) is 6.10. The fourth-order valence-corrected chi connectivity index (χ4v) is 4.61. The maximum atomic E-state index is 13.5. The van der Waals surface area contributed by atoms with Crippen molar-refractivity contribution in [2.45, 2.75) is 38.1 Å². The van der Waals surface area contributed by atoms with Crippen LogP contribution < -0.4 is 4.74 Å². The van der Waals surface area contributed by atoms with Gasteiger partial charge in [-0.15, -0.1) is 0 Å². The Kier molecular flexibility index (Phi) is 5.22. The Bertz CT molecular complexity index is 1170. The summed E-state index contributed by atoms with van der Waals surface area (Å²) in [5.41, 5.74) is 0.928. The molecule has 7 nitrogen and oxygen atoms in total. The highest BCUT2D eigenvalue weighted by atomic mass is 19.4. The lowest BCUT2D eigenvalue weighted by Crippen LogP contribution is -2.47. The minimum absolute atomic E-state index is 0.114. The number of hydrogen-bond acceptors (Lipinski definition) is 6. The molecule has 1 saturated heterocycles. The highest BCUT2D eigenvalue weighted by molar-refractivity contribution is 6.00. The molecule has 0 N–H and O–H groups in total. The van der Waals surface area contributed by atoms with E-state index in [1.165, 1.54) is 6.07 Å². The van der Waals surface area contributed by atoms with Crippen LogP contribution in [0.4, 0.5) is 13.2 Å². The zero-order valence-electron chi connectivity index (χ0n) is 17.7. The Morgan fingerprint density at radius 3 is 2.55 bits per heavy atom. The zero-order valence-corrected chi connectivity index (χ0v) is 17.7. The summed E-state index contributed by atoms with van der Waals surface area (Å²) >= 11 is 0. The molecule has 10 heteroatoms. The predicted octanol–water partition coefficient (Wildman–Crippen LogP) is 3.94. The molecule has 5 rings (SSSR count). The molecule has 0 aromatic carbocycles. The number of carbonyl (C=O) groups excluding carboxylic acids is 1. The van der Waals surface area contributed by atoms with E-state index in [-0.39, 0.29) is 29.9 Å². The van der Waals surface area contributed by atoms with Crippen molar-refractivity contribution in [2.24, 2.45) is 5.92 Å². The second-order valence-corrected chi connectivity index (χ2v) is 8.35. The number of fused-ring (bicyclic) bond motifs is 2. The van der Waals surface area contributed by atoms with Gasteiger partial charge < -0.3 is 9.64 Å². The van der Waals surface area contributed by atoms with E-state index in [9.17, 15) is 18.0 Å². The molecular weight excluding hydrogens is 435 g/mol. The molecule has 0 radical (unpaired) electrons. The predicted molar refractivity (Wildman–Crippen MR) is 111 cm³/mol. The van der Waals surface area contributed by atoms with Crippen LogP contribution in [-0.2, 0) is 6.18 Å². The van der Waals surface area contributed by atoms with Crippen LogP contribution in [0.25, 0.3) is 11.4 Å². The van der Waals surface area contributed by atoms with Gasteiger partial charge in [0, 0.05) is 48.7 Å². The minimum Gasteiger partial charge on any atom is -0.472 e. The summed E-state index contributed by atoms with van der Waals surface area (Å²) in [4.78, 5) is 32.0. The summed E-state index contributed by atoms with van der Waals surface area (Å²) in [7, 11) is 0. The van der Waals surface area contributed by atoms with Crippen molar-refractivity contribution in [3.8, 4) is 17.3 Å². The van der Waals surface area contributed by atoms with Gasteiger partial charge in [-0.3, -0.25) is 9.78 Å². The van der Waals surface area contributed by atoms with Gasteiger partial charge >= 0.3 is 6.18 Å². The number of halogens is 3. The second-order valence-electron chi connectivity index (χ2n) is 8.35. The van der Waals surface area contributed by atoms with E-state index in [4.69, 9.17) is 4.74 Å². The number of aromatic nitrogens is 4. The lowest BCUT2D eigenvalue weighted by Gasteiger charge is -2.33. The van der Waals surface area contributed by atoms with Crippen LogP contribution in [0.3, 0.4) is 0 Å². The van der Waals surface area contributed by atoms with Gasteiger partial charge in [-0.1, -0.05) is 0 Å². The van der Waals surface area contributed by atoms with Crippen LogP contribution in [0.2, 0.25) is 0 Å². The van der Waals surface area contributed by atoms with Crippen molar-refractivity contribution in [3.05, 3.63) is 65.9 Å². The Balaban J connectivity index is 1.37. The normalized spacial score (nSPS) is 21.9. The first-order valence-corrected chi connectivity index (χ1v) is 10.5. The van der Waals surface area contributed by atoms with E-state index in [1.54, 1.807) is 35.6 Å². The summed E-state index contributed by atoms with van der Waals surface area (Å²) in [6, 6.07) is 5.46. The lowest BCUT2D eigenvalue weighted by atomic mass is 10.0. The molecule has 3 aromatic heterocycles. The molecule has 33 heavy (non-hydrogen) atoms. The molecule has 2 aliphatic rings. The monoisotopic (exact) mass is 455 g/mol. The highest BCUT2D eigenvalue weighted by Gasteiger charge is 2.49. The fraction of sp³-hybridized carbons (Fsp3) is 0.348. The van der Waals surface area contributed by atoms with Crippen LogP contribution in [0.5, 0.6) is 5.88 Å². The average Bonchev–Trinajstić information content (AvgIpc) is 3.40. The Labute approximate surface area is 187 Å². The number of rotatable bonds is 4. The van der Waals surface area contributed by atoms with Crippen molar-refractivity contribution in [3.63, 3.8) is 0 Å². The van der Waals surface area contributed by atoms with Crippen LogP contribution in [0.15, 0.2) is 49.1 Å². The lowest BCUT2D eigenvalue weighted by molar-refractivity contribution is -0.137. The van der Waals surface area contributed by atoms with Crippen molar-refractivity contribution < 1.29 is 22.7 Å². The van der Waals surface area contributed by atoms with E-state index in [0.29, 0.717) is 23.5 Å². The number of alkyl halides is 3. The number of nitrogens with zero attached hydrogens (tertiary/aromatic N) is 5. The standard InChI is InChI=1S/C23H20F3N5O2/c1-13-7-16(21-27-5-2-6-28-21)17(11-29-13)22(32)31-12-14-8-18(31)19(9-14)33-20-4-3-15(10-30-20)23(24,25)26/h2-7,10-11,14,18-19H,8-9,12H2,1H3/t14-,18+,19-/m1/s1. The third kappa shape index (κ3) is 4.12. The number of carbonyl (C=O) groups is 1. The number of piperidine rings is 1. The third-order valence-electron chi connectivity index (χ3n) is 6.10. The van der Waals surface area contributed by atoms with Gasteiger partial charge in [-0.25, -0.2) is 15.0 Å². The first-order chi connectivity index (χ1) is 15.8. The molecular formula is C23H20F3N5O2. The molecule has 4 heterocycles. The van der Waals surface area contributed by atoms with Gasteiger partial charge in [0.15, 0.2) is 5.82 Å². The molecule has 1 aliphatic heterocycles. The van der Waals surface area contributed by atoms with E-state index >= 15 is 0 Å². The number of pyridine rings is 2. The molecule has 2 fully saturated rings. The quantitative estimate of drug-likeness (QED) is 0.593. The Hall–Kier alpha value is -3.56. The van der Waals surface area contributed by atoms with Gasteiger partial charge in [-0.2, -0.15) is 13.2 Å². The first-order valence-electron chi connectivity index (χ1n) is 10.5. The largest absolute Gasteiger partial charge is 0.472 e. The maximum absolute atomic E-state index is 13.5. The summed E-state index contributed by atoms with van der Waals surface area (Å²) in [5, 5.41) is 0. The van der Waals surface area contributed by atoms with Crippen molar-refractivity contribution in [1.82, 2.24) is 24.8 Å². The molecule has 170 valence electrons. The van der Waals surface area contributed by atoms with Gasteiger partial charge in [0.25, 0.3) is 5.91 Å². The number of amides is 1. The van der Waals surface area contributed by atoms with E-state index in [0.717, 1.165) is 30.8 Å². The fourth-order valence-electron chi connectivity index (χ4n) is 4.61. The second kappa shape index (κ2) is 8.09. The number of hydrogen-bond donors (Lipinski definition) is 0. The van der Waals surface area contributed by atoms with Crippen LogP contribution >= 0.6 is 0 Å². The summed E-state index contributed by atoms with van der Waals surface area (Å²) in [5.74, 6) is 0.625. The molecule has 3 atom stereocenters. The highest BCUT2D eigenvalue weighted by Crippen LogP contribution is 2.41. The Morgan fingerprint density at radius 2 is 1.88 bits per heavy atom. The maximum Gasteiger partial charge on any atom is 0.417 e. The van der Waals surface area contributed by atoms with E-state index < -0.39 is 11.7 Å². The molecule has 1 amide bonds. The molecule has 1 saturated carbocycles. The average molecular weight is 455 g/mol. The smallest absolute Gasteiger partial charge is 0.417 e. The van der Waals surface area contributed by atoms with Gasteiger partial charge in [0.1, 0.15) is 6.10 Å². The first kappa shape index (κ1) is 21.3. The minimum atomic E-state index is -4.45.